The highest BCUT2D eigenvalue weighted by atomic mass is 32.2. The Balaban J connectivity index is 0.972. The summed E-state index contributed by atoms with van der Waals surface area (Å²) in [6.45, 7) is 2.54. The van der Waals surface area contributed by atoms with Crippen LogP contribution in [0.1, 0.15) is 12.0 Å². The summed E-state index contributed by atoms with van der Waals surface area (Å²) >= 11 is 1.78. The minimum Gasteiger partial charge on any atom is -0.373 e. The van der Waals surface area contributed by atoms with E-state index in [0.717, 1.165) is 38.2 Å². The lowest BCUT2D eigenvalue weighted by Crippen LogP contribution is -2.53. The standard InChI is InChI=1S/C21H25N5O2S/c27-18(14-7-10-3-1-2-4-12(10)23-14)26-6-5-13-15(9-26)29-20(24-13)25-19(28)21-11-8-22-17(21)16(11)21/h1-4,11,13-17,20,22-24H,5-9H2,(H,25,28)/t11-,13?,14?,15?,16-,17?,20?,21-/m1/s1. The molecule has 6 fully saturated rings. The van der Waals surface area contributed by atoms with E-state index in [2.05, 4.69) is 27.3 Å². The molecule has 0 radical (unpaired) electrons. The first kappa shape index (κ1) is 17.0. The molecule has 29 heavy (non-hydrogen) atoms. The van der Waals surface area contributed by atoms with Gasteiger partial charge in [0.15, 0.2) is 0 Å². The SMILES string of the molecule is O=C(C1Cc2ccccc2N1)N1CCC2NC(NC(=O)[C@]34C5NC[C@@H]3[C@H]54)SC2C1. The van der Waals surface area contributed by atoms with Crippen LogP contribution in [0.25, 0.3) is 0 Å². The summed E-state index contributed by atoms with van der Waals surface area (Å²) in [7, 11) is 0. The molecule has 5 heterocycles. The van der Waals surface area contributed by atoms with Crippen LogP contribution in [0, 0.1) is 17.3 Å². The first-order valence-corrected chi connectivity index (χ1v) is 11.7. The van der Waals surface area contributed by atoms with E-state index in [1.165, 1.54) is 5.56 Å². The molecule has 152 valence electrons. The average molecular weight is 412 g/mol. The Morgan fingerprint density at radius 3 is 2.97 bits per heavy atom. The molecule has 4 N–H and O–H groups in total. The van der Waals surface area contributed by atoms with Crippen LogP contribution in [-0.4, -0.2) is 65.2 Å². The normalized spacial score (nSPS) is 45.1. The van der Waals surface area contributed by atoms with Crippen LogP contribution in [0.4, 0.5) is 5.69 Å². The second-order valence-corrected chi connectivity index (χ2v) is 10.7. The highest BCUT2D eigenvalue weighted by Crippen LogP contribution is 2.82. The van der Waals surface area contributed by atoms with Crippen LogP contribution < -0.4 is 21.3 Å². The molecule has 5 unspecified atom stereocenters. The molecule has 1 aromatic carbocycles. The zero-order valence-corrected chi connectivity index (χ0v) is 16.9. The molecule has 0 aromatic heterocycles. The van der Waals surface area contributed by atoms with Crippen molar-refractivity contribution in [3.05, 3.63) is 29.8 Å². The fraction of sp³-hybridized carbons (Fsp3) is 0.619. The lowest BCUT2D eigenvalue weighted by molar-refractivity contribution is -0.132. The van der Waals surface area contributed by atoms with E-state index in [4.69, 9.17) is 0 Å². The first-order valence-electron chi connectivity index (χ1n) is 10.8. The number of rotatable bonds is 3. The summed E-state index contributed by atoms with van der Waals surface area (Å²) in [5, 5.41) is 14.0. The molecule has 0 spiro atoms. The number of amides is 2. The smallest absolute Gasteiger partial charge is 0.245 e. The number of carbonyl (C=O) groups is 2. The summed E-state index contributed by atoms with van der Waals surface area (Å²) in [5.41, 5.74) is 2.21. The predicted octanol–water partition coefficient (Wildman–Crippen LogP) is -0.0533. The van der Waals surface area contributed by atoms with Crippen LogP contribution in [-0.2, 0) is 16.0 Å². The number of fused-ring (bicyclic) bond motifs is 3. The Kier molecular flexibility index (Phi) is 3.32. The highest BCUT2D eigenvalue weighted by molar-refractivity contribution is 8.00. The number of nitrogens with one attached hydrogen (secondary N) is 4. The third-order valence-corrected chi connectivity index (χ3v) is 9.44. The molecular weight excluding hydrogens is 386 g/mol. The number of nitrogens with zero attached hydrogens (tertiary/aromatic N) is 1. The molecule has 2 amide bonds. The zero-order valence-electron chi connectivity index (χ0n) is 16.1. The van der Waals surface area contributed by atoms with Crippen LogP contribution >= 0.6 is 11.8 Å². The Morgan fingerprint density at radius 2 is 2.17 bits per heavy atom. The topological polar surface area (TPSA) is 85.5 Å². The lowest BCUT2D eigenvalue weighted by Gasteiger charge is -2.35. The molecule has 2 bridgehead atoms. The molecule has 5 aliphatic heterocycles. The Hall–Kier alpha value is -1.77. The number of anilines is 1. The third-order valence-electron chi connectivity index (χ3n) is 8.08. The van der Waals surface area contributed by atoms with Crippen molar-refractivity contribution in [1.82, 2.24) is 20.9 Å². The number of hydrogen-bond donors (Lipinski definition) is 4. The van der Waals surface area contributed by atoms with Crippen molar-refractivity contribution in [1.29, 1.82) is 0 Å². The molecule has 8 atom stereocenters. The van der Waals surface area contributed by atoms with Gasteiger partial charge in [-0.25, -0.2) is 0 Å². The van der Waals surface area contributed by atoms with E-state index in [-0.39, 0.29) is 28.8 Å². The second-order valence-electron chi connectivity index (χ2n) is 9.38. The number of hydrogen-bond acceptors (Lipinski definition) is 6. The van der Waals surface area contributed by atoms with Gasteiger partial charge in [0.05, 0.1) is 5.41 Å². The molecule has 4 saturated heterocycles. The van der Waals surface area contributed by atoms with Gasteiger partial charge >= 0.3 is 0 Å². The molecule has 2 saturated carbocycles. The third kappa shape index (κ3) is 2.22. The molecule has 2 aliphatic carbocycles. The van der Waals surface area contributed by atoms with Crippen molar-refractivity contribution in [3.63, 3.8) is 0 Å². The monoisotopic (exact) mass is 411 g/mol. The van der Waals surface area contributed by atoms with Crippen molar-refractivity contribution in [2.45, 2.75) is 41.7 Å². The van der Waals surface area contributed by atoms with E-state index >= 15 is 0 Å². The fourth-order valence-corrected chi connectivity index (χ4v) is 7.89. The molecule has 7 nitrogen and oxygen atoms in total. The summed E-state index contributed by atoms with van der Waals surface area (Å²) in [5.74, 6) is 1.62. The quantitative estimate of drug-likeness (QED) is 0.558. The number of benzene rings is 1. The van der Waals surface area contributed by atoms with E-state index in [9.17, 15) is 9.59 Å². The van der Waals surface area contributed by atoms with E-state index in [1.54, 1.807) is 11.8 Å². The number of para-hydroxylation sites is 1. The molecule has 8 rings (SSSR count). The summed E-state index contributed by atoms with van der Waals surface area (Å²) in [6.07, 6.45) is 1.71. The van der Waals surface area contributed by atoms with E-state index in [0.29, 0.717) is 29.2 Å². The highest BCUT2D eigenvalue weighted by Gasteiger charge is 2.93. The van der Waals surface area contributed by atoms with Crippen LogP contribution in [0.2, 0.25) is 0 Å². The van der Waals surface area contributed by atoms with Gasteiger partial charge < -0.3 is 20.9 Å². The fourth-order valence-electron chi connectivity index (χ4n) is 6.44. The Morgan fingerprint density at radius 1 is 1.28 bits per heavy atom. The number of likely N-dealkylation sites (tertiary alicyclic amines) is 1. The van der Waals surface area contributed by atoms with E-state index < -0.39 is 0 Å². The Bertz CT molecular complexity index is 878. The minimum absolute atomic E-state index is 0.0305. The maximum atomic E-state index is 13.1. The largest absolute Gasteiger partial charge is 0.373 e. The van der Waals surface area contributed by atoms with Gasteiger partial charge in [-0.15, -0.1) is 11.8 Å². The number of piperidine rings is 2. The van der Waals surface area contributed by atoms with Gasteiger partial charge in [0.1, 0.15) is 11.5 Å². The molecular formula is C21H25N5O2S. The van der Waals surface area contributed by atoms with Crippen LogP contribution in [0.15, 0.2) is 24.3 Å². The maximum absolute atomic E-state index is 13.1. The maximum Gasteiger partial charge on any atom is 0.245 e. The number of carbonyl (C=O) groups excluding carboxylic acids is 2. The van der Waals surface area contributed by atoms with Gasteiger partial charge in [-0.2, -0.15) is 0 Å². The van der Waals surface area contributed by atoms with Crippen LogP contribution in [0.5, 0.6) is 0 Å². The average Bonchev–Trinajstić information content (AvgIpc) is 3.20. The van der Waals surface area contributed by atoms with Crippen molar-refractivity contribution < 1.29 is 9.59 Å². The summed E-state index contributed by atoms with van der Waals surface area (Å²) < 4.78 is 0. The van der Waals surface area contributed by atoms with Gasteiger partial charge in [-0.3, -0.25) is 14.9 Å². The van der Waals surface area contributed by atoms with Crippen molar-refractivity contribution in [2.24, 2.45) is 17.3 Å². The molecule has 8 heteroatoms. The summed E-state index contributed by atoms with van der Waals surface area (Å²) in [6, 6.07) is 8.83. The number of thioether (sulfide) groups is 1. The van der Waals surface area contributed by atoms with Gasteiger partial charge in [0, 0.05) is 42.5 Å². The van der Waals surface area contributed by atoms with Crippen molar-refractivity contribution in [2.75, 3.05) is 25.0 Å². The molecule has 1 aromatic rings. The molecule has 7 aliphatic rings. The van der Waals surface area contributed by atoms with Crippen LogP contribution in [0.3, 0.4) is 0 Å². The van der Waals surface area contributed by atoms with Gasteiger partial charge in [0.2, 0.25) is 11.8 Å². The minimum atomic E-state index is -0.150. The Labute approximate surface area is 173 Å². The van der Waals surface area contributed by atoms with Gasteiger partial charge in [-0.05, 0) is 36.4 Å². The zero-order chi connectivity index (χ0) is 19.3. The second kappa shape index (κ2) is 5.68. The van der Waals surface area contributed by atoms with Crippen molar-refractivity contribution >= 4 is 29.3 Å². The van der Waals surface area contributed by atoms with E-state index in [1.807, 2.05) is 23.1 Å². The van der Waals surface area contributed by atoms with Crippen molar-refractivity contribution in [3.8, 4) is 0 Å². The summed E-state index contributed by atoms with van der Waals surface area (Å²) in [4.78, 5) is 27.9. The predicted molar refractivity (Wildman–Crippen MR) is 110 cm³/mol. The van der Waals surface area contributed by atoms with Gasteiger partial charge in [0.25, 0.3) is 0 Å². The lowest BCUT2D eigenvalue weighted by atomic mass is 10.0. The van der Waals surface area contributed by atoms with Gasteiger partial charge in [-0.1, -0.05) is 18.2 Å². The first-order chi connectivity index (χ1) is 14.2.